The molecule has 1 aliphatic carbocycles. The van der Waals surface area contributed by atoms with Crippen molar-refractivity contribution in [3.63, 3.8) is 0 Å². The normalized spacial score (nSPS) is 12.7. The molecule has 0 unspecified atom stereocenters. The quantitative estimate of drug-likeness (QED) is 0.152. The van der Waals surface area contributed by atoms with Gasteiger partial charge in [-0.25, -0.2) is 0 Å². The van der Waals surface area contributed by atoms with E-state index in [2.05, 4.69) is 276 Å². The highest BCUT2D eigenvalue weighted by molar-refractivity contribution is 6.12. The van der Waals surface area contributed by atoms with Crippen LogP contribution in [-0.4, -0.2) is 4.57 Å². The molecule has 0 saturated carbocycles. The molecule has 328 valence electrons. The van der Waals surface area contributed by atoms with Crippen LogP contribution in [0.4, 0.5) is 17.1 Å². The smallest absolute Gasteiger partial charge is 0.143 e. The lowest BCUT2D eigenvalue weighted by molar-refractivity contribution is 0.670. The summed E-state index contributed by atoms with van der Waals surface area (Å²) in [7, 11) is 0. The fraction of sp³-hybridized carbons (Fsp3) is 0.0149. The lowest BCUT2D eigenvalue weighted by Crippen LogP contribution is -2.28. The van der Waals surface area contributed by atoms with E-state index in [4.69, 9.17) is 4.42 Å². The molecular formula is C67H44N2O. The largest absolute Gasteiger partial charge is 0.455 e. The van der Waals surface area contributed by atoms with E-state index in [9.17, 15) is 0 Å². The van der Waals surface area contributed by atoms with Gasteiger partial charge in [-0.2, -0.15) is 0 Å². The Labute approximate surface area is 406 Å². The molecule has 0 bridgehead atoms. The fourth-order valence-corrected chi connectivity index (χ4v) is 11.6. The molecule has 0 spiro atoms. The Bertz CT molecular complexity index is 4060. The van der Waals surface area contributed by atoms with Gasteiger partial charge in [-0.3, -0.25) is 0 Å². The van der Waals surface area contributed by atoms with Gasteiger partial charge in [-0.05, 0) is 117 Å². The molecule has 0 saturated heterocycles. The van der Waals surface area contributed by atoms with Crippen LogP contribution in [0.3, 0.4) is 0 Å². The average molecular weight is 893 g/mol. The highest BCUT2D eigenvalue weighted by Gasteiger charge is 2.46. The van der Waals surface area contributed by atoms with Gasteiger partial charge in [0, 0.05) is 49.9 Å². The predicted molar refractivity (Wildman–Crippen MR) is 291 cm³/mol. The molecule has 11 aromatic carbocycles. The van der Waals surface area contributed by atoms with E-state index in [0.29, 0.717) is 0 Å². The second-order valence-electron chi connectivity index (χ2n) is 18.4. The van der Waals surface area contributed by atoms with Gasteiger partial charge in [0.15, 0.2) is 0 Å². The lowest BCUT2D eigenvalue weighted by Gasteiger charge is -2.35. The number of aromatic nitrogens is 1. The van der Waals surface area contributed by atoms with E-state index in [1.54, 1.807) is 0 Å². The zero-order chi connectivity index (χ0) is 46.2. The minimum atomic E-state index is -0.540. The molecule has 13 aromatic rings. The Morgan fingerprint density at radius 2 is 0.900 bits per heavy atom. The number of anilines is 3. The number of nitrogens with zero attached hydrogens (tertiary/aromatic N) is 2. The van der Waals surface area contributed by atoms with E-state index in [1.165, 1.54) is 49.7 Å². The number of furan rings is 1. The van der Waals surface area contributed by atoms with Crippen molar-refractivity contribution in [3.8, 4) is 39.1 Å². The maximum absolute atomic E-state index is 6.58. The Morgan fingerprint density at radius 1 is 0.329 bits per heavy atom. The van der Waals surface area contributed by atoms with Crippen molar-refractivity contribution in [2.75, 3.05) is 4.90 Å². The highest BCUT2D eigenvalue weighted by atomic mass is 16.3. The van der Waals surface area contributed by atoms with Crippen molar-refractivity contribution in [2.24, 2.45) is 0 Å². The second kappa shape index (κ2) is 16.0. The topological polar surface area (TPSA) is 21.3 Å². The van der Waals surface area contributed by atoms with Crippen molar-refractivity contribution in [3.05, 3.63) is 289 Å². The molecule has 2 heterocycles. The van der Waals surface area contributed by atoms with E-state index in [1.807, 2.05) is 0 Å². The zero-order valence-electron chi connectivity index (χ0n) is 38.2. The number of benzene rings is 11. The van der Waals surface area contributed by atoms with Crippen molar-refractivity contribution in [2.45, 2.75) is 5.41 Å². The van der Waals surface area contributed by atoms with Crippen LogP contribution in [0.5, 0.6) is 0 Å². The van der Waals surface area contributed by atoms with E-state index in [-0.39, 0.29) is 0 Å². The lowest BCUT2D eigenvalue weighted by atomic mass is 9.67. The van der Waals surface area contributed by atoms with E-state index in [0.717, 1.165) is 72.5 Å². The van der Waals surface area contributed by atoms with E-state index >= 15 is 0 Å². The van der Waals surface area contributed by atoms with Crippen LogP contribution in [0.15, 0.2) is 271 Å². The van der Waals surface area contributed by atoms with Gasteiger partial charge in [-0.15, -0.1) is 0 Å². The Hall–Kier alpha value is -9.18. The van der Waals surface area contributed by atoms with Gasteiger partial charge in [-0.1, -0.05) is 200 Å². The third-order valence-electron chi connectivity index (χ3n) is 14.7. The molecule has 2 aromatic heterocycles. The number of rotatable bonds is 8. The van der Waals surface area contributed by atoms with Crippen molar-refractivity contribution in [1.29, 1.82) is 0 Å². The molecule has 0 N–H and O–H groups in total. The third-order valence-corrected chi connectivity index (χ3v) is 14.7. The maximum Gasteiger partial charge on any atom is 0.143 e. The maximum atomic E-state index is 6.58. The summed E-state index contributed by atoms with van der Waals surface area (Å²) in [4.78, 5) is 2.44. The summed E-state index contributed by atoms with van der Waals surface area (Å²) >= 11 is 0. The van der Waals surface area contributed by atoms with Crippen LogP contribution in [-0.2, 0) is 5.41 Å². The summed E-state index contributed by atoms with van der Waals surface area (Å²) in [5.74, 6) is 0. The summed E-state index contributed by atoms with van der Waals surface area (Å²) < 4.78 is 8.98. The molecule has 14 rings (SSSR count). The molecular weight excluding hydrogens is 849 g/mol. The summed E-state index contributed by atoms with van der Waals surface area (Å²) in [6.07, 6.45) is 0. The monoisotopic (exact) mass is 892 g/mol. The first-order valence-corrected chi connectivity index (χ1v) is 24.1. The van der Waals surface area contributed by atoms with Crippen LogP contribution in [0.25, 0.3) is 82.8 Å². The highest BCUT2D eigenvalue weighted by Crippen LogP contribution is 2.57. The van der Waals surface area contributed by atoms with Crippen LogP contribution in [0.2, 0.25) is 0 Å². The number of fused-ring (bicyclic) bond motifs is 9. The Kier molecular flexibility index (Phi) is 9.11. The summed E-state index contributed by atoms with van der Waals surface area (Å²) in [6.45, 7) is 0. The molecule has 0 atom stereocenters. The van der Waals surface area contributed by atoms with Crippen molar-refractivity contribution >= 4 is 60.8 Å². The molecule has 0 aliphatic heterocycles. The first-order valence-electron chi connectivity index (χ1n) is 24.1. The van der Waals surface area contributed by atoms with Crippen LogP contribution >= 0.6 is 0 Å². The second-order valence-corrected chi connectivity index (χ2v) is 18.4. The molecule has 0 fully saturated rings. The molecule has 0 radical (unpaired) electrons. The summed E-state index contributed by atoms with van der Waals surface area (Å²) in [5, 5.41) is 4.67. The number of para-hydroxylation sites is 3. The summed E-state index contributed by atoms with van der Waals surface area (Å²) in [5.41, 5.74) is 20.0. The molecule has 0 amide bonds. The Morgan fingerprint density at radius 3 is 1.67 bits per heavy atom. The van der Waals surface area contributed by atoms with Crippen LogP contribution in [0, 0.1) is 0 Å². The van der Waals surface area contributed by atoms with Crippen LogP contribution in [0.1, 0.15) is 22.3 Å². The van der Waals surface area contributed by atoms with Gasteiger partial charge in [0.2, 0.25) is 0 Å². The summed E-state index contributed by atoms with van der Waals surface area (Å²) in [6, 6.07) is 97.3. The molecule has 1 aliphatic rings. The average Bonchev–Trinajstić information content (AvgIpc) is 4.08. The zero-order valence-corrected chi connectivity index (χ0v) is 38.2. The van der Waals surface area contributed by atoms with Crippen LogP contribution < -0.4 is 4.90 Å². The van der Waals surface area contributed by atoms with Crippen molar-refractivity contribution in [1.82, 2.24) is 4.57 Å². The predicted octanol–water partition coefficient (Wildman–Crippen LogP) is 17.8. The molecule has 3 nitrogen and oxygen atoms in total. The van der Waals surface area contributed by atoms with E-state index < -0.39 is 5.41 Å². The van der Waals surface area contributed by atoms with Gasteiger partial charge in [0.25, 0.3) is 0 Å². The standard InChI is InChI=1S/C67H44N2O/c1-5-18-46(19-6-1)54-28-17-29-59-60-42-47(34-41-65(60)70-66(54)59)45-32-35-51(36-33-45)68(53-38-40-58-57-27-14-16-31-63(57)69(64(58)44-53)50-24-11-4-12-25-50)52-37-39-56-55-26-13-15-30-61(55)67(62(56)43-52,48-20-7-2-8-21-48)49-22-9-3-10-23-49/h1-44H. The number of hydrogen-bond donors (Lipinski definition) is 0. The first-order chi connectivity index (χ1) is 34.7. The minimum absolute atomic E-state index is 0.540. The fourth-order valence-electron chi connectivity index (χ4n) is 11.6. The number of hydrogen-bond acceptors (Lipinski definition) is 2. The minimum Gasteiger partial charge on any atom is -0.455 e. The third kappa shape index (κ3) is 6.08. The first kappa shape index (κ1) is 39.9. The molecule has 70 heavy (non-hydrogen) atoms. The molecule has 3 heteroatoms. The van der Waals surface area contributed by atoms with Gasteiger partial charge < -0.3 is 13.9 Å². The van der Waals surface area contributed by atoms with Gasteiger partial charge in [0.1, 0.15) is 11.2 Å². The van der Waals surface area contributed by atoms with Crippen molar-refractivity contribution < 1.29 is 4.42 Å². The Balaban J connectivity index is 0.966. The van der Waals surface area contributed by atoms with Gasteiger partial charge in [0.05, 0.1) is 16.4 Å². The van der Waals surface area contributed by atoms with Gasteiger partial charge >= 0.3 is 0 Å². The SMILES string of the molecule is c1ccc(-c2cccc3c2oc2ccc(-c4ccc(N(c5ccc6c(c5)C(c5ccccc5)(c5ccccc5)c5ccccc5-6)c5ccc6c7ccccc7n(-c7ccccc7)c6c5)cc4)cc23)cc1.